The van der Waals surface area contributed by atoms with E-state index >= 15 is 0 Å². The summed E-state index contributed by atoms with van der Waals surface area (Å²) in [6.07, 6.45) is 4.51. The number of nitrogens with two attached hydrogens (primary N) is 1. The molecule has 5 heteroatoms. The van der Waals surface area contributed by atoms with E-state index in [-0.39, 0.29) is 6.04 Å². The van der Waals surface area contributed by atoms with Crippen LogP contribution in [0.2, 0.25) is 0 Å². The highest BCUT2D eigenvalue weighted by Gasteiger charge is 2.10. The Bertz CT molecular complexity index is 511. The van der Waals surface area contributed by atoms with Crippen molar-refractivity contribution >= 4 is 0 Å². The van der Waals surface area contributed by atoms with Gasteiger partial charge in [-0.05, 0) is 48.2 Å². The number of rotatable bonds is 5. The number of nitrogens with one attached hydrogen (secondary N) is 1. The van der Waals surface area contributed by atoms with Crippen LogP contribution in [0.15, 0.2) is 42.7 Å². The van der Waals surface area contributed by atoms with Gasteiger partial charge in [-0.3, -0.25) is 16.3 Å². The average Bonchev–Trinajstić information content (AvgIpc) is 2.38. The molecule has 0 bridgehead atoms. The fourth-order valence-electron chi connectivity index (χ4n) is 2.01. The van der Waals surface area contributed by atoms with Crippen molar-refractivity contribution in [1.29, 1.82) is 0 Å². The molecule has 2 aromatic rings. The lowest BCUT2D eigenvalue weighted by atomic mass is 10.00. The van der Waals surface area contributed by atoms with Crippen LogP contribution in [0.5, 0.6) is 0 Å². The van der Waals surface area contributed by atoms with Crippen molar-refractivity contribution in [1.82, 2.24) is 10.4 Å². The van der Waals surface area contributed by atoms with Gasteiger partial charge in [0.2, 0.25) is 0 Å². The zero-order valence-electron chi connectivity index (χ0n) is 10.3. The molecule has 2 rings (SSSR count). The Morgan fingerprint density at radius 2 is 1.58 bits per heavy atom. The molecule has 0 aliphatic rings. The fourth-order valence-corrected chi connectivity index (χ4v) is 2.01. The van der Waals surface area contributed by atoms with Crippen LogP contribution in [0.4, 0.5) is 8.78 Å². The number of hydrazine groups is 1. The van der Waals surface area contributed by atoms with Crippen LogP contribution >= 0.6 is 0 Å². The monoisotopic (exact) mass is 263 g/mol. The molecule has 3 N–H and O–H groups in total. The van der Waals surface area contributed by atoms with Crippen LogP contribution in [0, 0.1) is 11.6 Å². The predicted molar refractivity (Wildman–Crippen MR) is 69.1 cm³/mol. The van der Waals surface area contributed by atoms with Gasteiger partial charge in [-0.1, -0.05) is 0 Å². The Kier molecular flexibility index (Phi) is 4.54. The minimum atomic E-state index is -0.574. The molecule has 1 aromatic heterocycles. The van der Waals surface area contributed by atoms with Crippen molar-refractivity contribution in [2.45, 2.75) is 18.9 Å². The average molecular weight is 263 g/mol. The molecular weight excluding hydrogens is 248 g/mol. The minimum absolute atomic E-state index is 0.0939. The first-order valence-corrected chi connectivity index (χ1v) is 5.97. The van der Waals surface area contributed by atoms with Crippen LogP contribution < -0.4 is 11.3 Å². The minimum Gasteiger partial charge on any atom is -0.271 e. The lowest BCUT2D eigenvalue weighted by Crippen LogP contribution is -2.38. The molecule has 0 aliphatic carbocycles. The van der Waals surface area contributed by atoms with E-state index in [1.165, 1.54) is 12.1 Å². The molecular formula is C14H15F2N3. The summed E-state index contributed by atoms with van der Waals surface area (Å²) in [4.78, 5) is 3.93. The molecule has 1 atom stereocenters. The van der Waals surface area contributed by atoms with Gasteiger partial charge in [0.1, 0.15) is 11.6 Å². The largest absolute Gasteiger partial charge is 0.271 e. The Balaban J connectivity index is 2.06. The highest BCUT2D eigenvalue weighted by molar-refractivity contribution is 5.20. The summed E-state index contributed by atoms with van der Waals surface area (Å²) in [5.74, 6) is 4.34. The molecule has 3 nitrogen and oxygen atoms in total. The van der Waals surface area contributed by atoms with Crippen molar-refractivity contribution in [3.8, 4) is 0 Å². The second kappa shape index (κ2) is 6.36. The lowest BCUT2D eigenvalue weighted by Gasteiger charge is -2.16. The standard InChI is InChI=1S/C14H15F2N3/c15-12-5-11(6-13(16)9-12)8-14(19-17)7-10-1-3-18-4-2-10/h1-6,9,14,19H,7-8,17H2. The molecule has 1 heterocycles. The van der Waals surface area contributed by atoms with Crippen molar-refractivity contribution < 1.29 is 8.78 Å². The molecule has 1 aromatic carbocycles. The van der Waals surface area contributed by atoms with Crippen molar-refractivity contribution in [3.63, 3.8) is 0 Å². The molecule has 0 fully saturated rings. The highest BCUT2D eigenvalue weighted by Crippen LogP contribution is 2.12. The van der Waals surface area contributed by atoms with Gasteiger partial charge in [0.05, 0.1) is 0 Å². The topological polar surface area (TPSA) is 50.9 Å². The third kappa shape index (κ3) is 4.08. The van der Waals surface area contributed by atoms with E-state index in [9.17, 15) is 8.78 Å². The molecule has 0 amide bonds. The molecule has 0 aliphatic heterocycles. The Labute approximate surface area is 110 Å². The highest BCUT2D eigenvalue weighted by atomic mass is 19.1. The SMILES string of the molecule is NNC(Cc1ccncc1)Cc1cc(F)cc(F)c1. The number of halogens is 2. The summed E-state index contributed by atoms with van der Waals surface area (Å²) in [7, 11) is 0. The van der Waals surface area contributed by atoms with E-state index < -0.39 is 11.6 Å². The summed E-state index contributed by atoms with van der Waals surface area (Å²) in [5.41, 5.74) is 4.32. The lowest BCUT2D eigenvalue weighted by molar-refractivity contribution is 0.516. The van der Waals surface area contributed by atoms with E-state index in [4.69, 9.17) is 5.84 Å². The normalized spacial score (nSPS) is 12.4. The summed E-state index contributed by atoms with van der Waals surface area (Å²) in [6.45, 7) is 0. The summed E-state index contributed by atoms with van der Waals surface area (Å²) in [5, 5.41) is 0. The summed E-state index contributed by atoms with van der Waals surface area (Å²) < 4.78 is 26.2. The van der Waals surface area contributed by atoms with Gasteiger partial charge in [-0.15, -0.1) is 0 Å². The maximum Gasteiger partial charge on any atom is 0.126 e. The maximum absolute atomic E-state index is 13.1. The second-order valence-electron chi connectivity index (χ2n) is 4.40. The van der Waals surface area contributed by atoms with Crippen LogP contribution in [0.3, 0.4) is 0 Å². The van der Waals surface area contributed by atoms with Gasteiger partial charge in [0.25, 0.3) is 0 Å². The van der Waals surface area contributed by atoms with E-state index in [2.05, 4.69) is 10.4 Å². The number of aromatic nitrogens is 1. The predicted octanol–water partition coefficient (Wildman–Crippen LogP) is 1.98. The molecule has 0 saturated carbocycles. The van der Waals surface area contributed by atoms with Gasteiger partial charge in [0, 0.05) is 24.5 Å². The summed E-state index contributed by atoms with van der Waals surface area (Å²) in [6, 6.07) is 7.17. The first-order valence-electron chi connectivity index (χ1n) is 5.97. The number of pyridine rings is 1. The van der Waals surface area contributed by atoms with Crippen LogP contribution in [0.1, 0.15) is 11.1 Å². The zero-order chi connectivity index (χ0) is 13.7. The molecule has 0 spiro atoms. The zero-order valence-corrected chi connectivity index (χ0v) is 10.3. The van der Waals surface area contributed by atoms with E-state index in [1.54, 1.807) is 12.4 Å². The van der Waals surface area contributed by atoms with Crippen molar-refractivity contribution in [3.05, 3.63) is 65.5 Å². The number of nitrogens with zero attached hydrogens (tertiary/aromatic N) is 1. The Morgan fingerprint density at radius 3 is 2.16 bits per heavy atom. The van der Waals surface area contributed by atoms with E-state index in [0.29, 0.717) is 18.4 Å². The number of hydrogen-bond acceptors (Lipinski definition) is 3. The fraction of sp³-hybridized carbons (Fsp3) is 0.214. The van der Waals surface area contributed by atoms with Crippen LogP contribution in [-0.2, 0) is 12.8 Å². The van der Waals surface area contributed by atoms with Crippen molar-refractivity contribution in [2.24, 2.45) is 5.84 Å². The Morgan fingerprint density at radius 1 is 1.00 bits per heavy atom. The molecule has 0 saturated heterocycles. The van der Waals surface area contributed by atoms with Crippen LogP contribution in [0.25, 0.3) is 0 Å². The number of benzene rings is 1. The first kappa shape index (κ1) is 13.6. The quantitative estimate of drug-likeness (QED) is 0.640. The van der Waals surface area contributed by atoms with Gasteiger partial charge in [0.15, 0.2) is 0 Å². The van der Waals surface area contributed by atoms with Gasteiger partial charge >= 0.3 is 0 Å². The van der Waals surface area contributed by atoms with Crippen molar-refractivity contribution in [2.75, 3.05) is 0 Å². The van der Waals surface area contributed by atoms with Gasteiger partial charge in [-0.2, -0.15) is 0 Å². The third-order valence-corrected chi connectivity index (χ3v) is 2.87. The van der Waals surface area contributed by atoms with Gasteiger partial charge < -0.3 is 0 Å². The first-order chi connectivity index (χ1) is 9.17. The third-order valence-electron chi connectivity index (χ3n) is 2.87. The van der Waals surface area contributed by atoms with E-state index in [1.807, 2.05) is 12.1 Å². The van der Waals surface area contributed by atoms with Crippen LogP contribution in [-0.4, -0.2) is 11.0 Å². The van der Waals surface area contributed by atoms with E-state index in [0.717, 1.165) is 11.6 Å². The number of hydrogen-bond donors (Lipinski definition) is 2. The molecule has 19 heavy (non-hydrogen) atoms. The Hall–Kier alpha value is -1.85. The smallest absolute Gasteiger partial charge is 0.126 e. The maximum atomic E-state index is 13.1. The molecule has 0 radical (unpaired) electrons. The molecule has 100 valence electrons. The second-order valence-corrected chi connectivity index (χ2v) is 4.40. The van der Waals surface area contributed by atoms with Gasteiger partial charge in [-0.25, -0.2) is 8.78 Å². The molecule has 1 unspecified atom stereocenters. The summed E-state index contributed by atoms with van der Waals surface area (Å²) >= 11 is 0.